The number of fused-ring (bicyclic) bond motifs is 1. The van der Waals surface area contributed by atoms with Crippen molar-refractivity contribution in [1.82, 2.24) is 91.5 Å². The summed E-state index contributed by atoms with van der Waals surface area (Å²) >= 11 is 0. The Morgan fingerprint density at radius 1 is 0.539 bits per heavy atom. The van der Waals surface area contributed by atoms with Gasteiger partial charge in [0.25, 0.3) is 0 Å². The maximum Gasteiger partial charge on any atom is 0.326 e. The van der Waals surface area contributed by atoms with Crippen molar-refractivity contribution >= 4 is 70.0 Å². The van der Waals surface area contributed by atoms with Crippen LogP contribution in [0.15, 0.2) is 80.6 Å². The van der Waals surface area contributed by atoms with E-state index in [0.29, 0.717) is 54.0 Å². The molecule has 3 saturated heterocycles. The second kappa shape index (κ2) is 29.3. The average molecular weight is 1230 g/mol. The number of aliphatic carboxylic acids is 1. The predicted molar refractivity (Wildman–Crippen MR) is 314 cm³/mol. The topological polar surface area (TPSA) is 450 Å². The largest absolute Gasteiger partial charge is 0.480 e. The third-order valence-corrected chi connectivity index (χ3v) is 16.4. The van der Waals surface area contributed by atoms with Crippen LogP contribution in [0.4, 0.5) is 0 Å². The van der Waals surface area contributed by atoms with Crippen molar-refractivity contribution in [3.8, 4) is 0 Å². The molecule has 31 nitrogen and oxygen atoms in total. The van der Waals surface area contributed by atoms with Gasteiger partial charge in [0, 0.05) is 93.6 Å². The highest BCUT2D eigenvalue weighted by molar-refractivity contribution is 5.99. The third-order valence-electron chi connectivity index (χ3n) is 16.4. The molecule has 5 aromatic heterocycles. The number of nitrogens with zero attached hydrogens (tertiary/aromatic N) is 7. The lowest BCUT2D eigenvalue weighted by Gasteiger charge is -2.35. The first-order valence-corrected chi connectivity index (χ1v) is 29.7. The van der Waals surface area contributed by atoms with Gasteiger partial charge in [0.05, 0.1) is 60.7 Å². The summed E-state index contributed by atoms with van der Waals surface area (Å²) < 4.78 is 0. The smallest absolute Gasteiger partial charge is 0.326 e. The number of carboxylic acid groups (broad SMARTS) is 1. The number of aliphatic hydroxyl groups excluding tert-OH is 1. The Morgan fingerprint density at radius 2 is 0.978 bits per heavy atom. The van der Waals surface area contributed by atoms with E-state index in [2.05, 4.69) is 76.8 Å². The molecule has 0 radical (unpaired) electrons. The van der Waals surface area contributed by atoms with Crippen LogP contribution in [0.2, 0.25) is 0 Å². The van der Waals surface area contributed by atoms with Gasteiger partial charge in [-0.25, -0.2) is 24.7 Å². The normalized spacial score (nSPS) is 19.0. The van der Waals surface area contributed by atoms with E-state index in [9.17, 15) is 58.2 Å². The molecular weight excluding hydrogens is 1150 g/mol. The summed E-state index contributed by atoms with van der Waals surface area (Å²) in [4.78, 5) is 176. The van der Waals surface area contributed by atoms with E-state index >= 15 is 0 Å². The number of carboxylic acids is 1. The van der Waals surface area contributed by atoms with Crippen molar-refractivity contribution in [2.75, 3.05) is 26.2 Å². The minimum Gasteiger partial charge on any atom is -0.480 e. The van der Waals surface area contributed by atoms with Gasteiger partial charge in [-0.2, -0.15) is 0 Å². The highest BCUT2D eigenvalue weighted by Crippen LogP contribution is 2.30. The number of nitrogens with two attached hydrogens (primary N) is 1. The quantitative estimate of drug-likeness (QED) is 0.0242. The van der Waals surface area contributed by atoms with E-state index in [1.807, 2.05) is 24.3 Å². The van der Waals surface area contributed by atoms with Crippen LogP contribution in [0, 0.1) is 5.92 Å². The van der Waals surface area contributed by atoms with Crippen molar-refractivity contribution in [3.63, 3.8) is 0 Å². The summed E-state index contributed by atoms with van der Waals surface area (Å²) in [5.41, 5.74) is 9.26. The molecule has 474 valence electrons. The number of aliphatic hydroxyl groups is 1. The molecule has 89 heavy (non-hydrogen) atoms. The third kappa shape index (κ3) is 15.7. The average Bonchev–Trinajstić information content (AvgIpc) is 2.22. The van der Waals surface area contributed by atoms with Crippen LogP contribution in [-0.2, 0) is 80.0 Å². The fourth-order valence-corrected chi connectivity index (χ4v) is 11.7. The first-order valence-electron chi connectivity index (χ1n) is 29.7. The van der Waals surface area contributed by atoms with Crippen molar-refractivity contribution < 1.29 is 58.2 Å². The maximum atomic E-state index is 14.7. The number of imidazole rings is 4. The Labute approximate surface area is 509 Å². The number of hydrogen-bond acceptors (Lipinski definition) is 16. The number of likely N-dealkylation sites (tertiary alicyclic amines) is 3. The summed E-state index contributed by atoms with van der Waals surface area (Å²) in [5.74, 6) is -8.35. The first kappa shape index (κ1) is 63.7. The van der Waals surface area contributed by atoms with Crippen LogP contribution in [-0.4, -0.2) is 216 Å². The number of nitrogens with one attached hydrogen (secondary N) is 11. The van der Waals surface area contributed by atoms with E-state index in [4.69, 9.17) is 5.73 Å². The van der Waals surface area contributed by atoms with Crippen LogP contribution >= 0.6 is 0 Å². The number of para-hydroxylation sites is 1. The molecule has 15 N–H and O–H groups in total. The minimum atomic E-state index is -1.70. The van der Waals surface area contributed by atoms with E-state index in [-0.39, 0.29) is 64.6 Å². The number of benzene rings is 1. The molecule has 0 aliphatic carbocycles. The standard InChI is InChI=1S/C58H75N19O12/c1-31(2)48(57(87)77-15-7-12-47(77)56(86)76-14-6-11-46(76)55(85)75-13-5-10-45(75)54(84)72-43(58(88)89)16-32-21-64-39-9-4-3-8-37(32)39)74-53(83)44(26-78)73-52(82)42(20-36-25-63-30-68-36)71-51(81)41(19-35-24-62-29-67-35)70-50(80)40(18-34-23-61-28-66-34)69-49(79)38(59)17-33-22-60-27-65-33/h3-4,8-9,21-25,27-31,38,40-48,64,78H,5-7,10-20,26,59H2,1-2H3,(H,60,65)(H,61,66)(H,62,67)(H,63,68)(H,69,79)(H,70,80)(H,71,81)(H,72,84)(H,73,82)(H,74,83)(H,88,89)/t38-,40-,41-,42-,43-,44-,45-,46-,47-,48-/m0/s1. The summed E-state index contributed by atoms with van der Waals surface area (Å²) in [5, 5.41) is 37.5. The molecule has 9 amide bonds. The summed E-state index contributed by atoms with van der Waals surface area (Å²) in [6.45, 7) is 2.91. The fraction of sp³-hybridized carbons (Fsp3) is 0.483. The van der Waals surface area contributed by atoms with Gasteiger partial charge in [-0.3, -0.25) is 43.2 Å². The number of carbonyl (C=O) groups excluding carboxylic acids is 9. The zero-order valence-electron chi connectivity index (χ0n) is 49.1. The summed E-state index contributed by atoms with van der Waals surface area (Å²) in [7, 11) is 0. The lowest BCUT2D eigenvalue weighted by Crippen LogP contribution is -2.62. The molecule has 0 bridgehead atoms. The lowest BCUT2D eigenvalue weighted by atomic mass is 10.0. The number of carbonyl (C=O) groups is 10. The van der Waals surface area contributed by atoms with Crippen molar-refractivity contribution in [3.05, 3.63) is 109 Å². The molecule has 3 aliphatic rings. The van der Waals surface area contributed by atoms with E-state index in [1.54, 1.807) is 26.2 Å². The van der Waals surface area contributed by atoms with Gasteiger partial charge in [-0.1, -0.05) is 32.0 Å². The molecule has 9 rings (SSSR count). The predicted octanol–water partition coefficient (Wildman–Crippen LogP) is -2.48. The van der Waals surface area contributed by atoms with Gasteiger partial charge < -0.3 is 87.5 Å². The molecule has 8 heterocycles. The first-order chi connectivity index (χ1) is 42.9. The Kier molecular flexibility index (Phi) is 21.0. The monoisotopic (exact) mass is 1230 g/mol. The van der Waals surface area contributed by atoms with Crippen molar-refractivity contribution in [2.45, 2.75) is 145 Å². The van der Waals surface area contributed by atoms with Gasteiger partial charge in [-0.15, -0.1) is 0 Å². The Hall–Kier alpha value is -9.78. The molecule has 0 unspecified atom stereocenters. The molecule has 1 aromatic carbocycles. The number of H-pyrrole nitrogens is 5. The van der Waals surface area contributed by atoms with Gasteiger partial charge in [-0.05, 0) is 56.1 Å². The molecule has 3 aliphatic heterocycles. The Balaban J connectivity index is 0.839. The second-order valence-corrected chi connectivity index (χ2v) is 22.9. The van der Waals surface area contributed by atoms with E-state index in [0.717, 1.165) is 10.9 Å². The number of aromatic amines is 5. The molecular formula is C58H75N19O12. The Morgan fingerprint density at radius 3 is 1.46 bits per heavy atom. The summed E-state index contributed by atoms with van der Waals surface area (Å²) in [6.07, 6.45) is 14.9. The van der Waals surface area contributed by atoms with Crippen LogP contribution < -0.4 is 37.6 Å². The van der Waals surface area contributed by atoms with Crippen LogP contribution in [0.25, 0.3) is 10.9 Å². The maximum absolute atomic E-state index is 14.7. The molecule has 0 saturated carbocycles. The van der Waals surface area contributed by atoms with Crippen LogP contribution in [0.3, 0.4) is 0 Å². The van der Waals surface area contributed by atoms with Gasteiger partial charge in [0.1, 0.15) is 54.4 Å². The minimum absolute atomic E-state index is 0.00384. The van der Waals surface area contributed by atoms with Crippen LogP contribution in [0.5, 0.6) is 0 Å². The van der Waals surface area contributed by atoms with E-state index in [1.165, 1.54) is 58.6 Å². The number of amides is 9. The number of rotatable bonds is 28. The van der Waals surface area contributed by atoms with Gasteiger partial charge in [0.15, 0.2) is 0 Å². The Bertz CT molecular complexity index is 3430. The van der Waals surface area contributed by atoms with Crippen LogP contribution in [0.1, 0.15) is 80.7 Å². The number of aromatic nitrogens is 9. The molecule has 10 atom stereocenters. The molecule has 3 fully saturated rings. The zero-order valence-corrected chi connectivity index (χ0v) is 49.1. The second-order valence-electron chi connectivity index (χ2n) is 22.9. The van der Waals surface area contributed by atoms with E-state index < -0.39 is 132 Å². The highest BCUT2D eigenvalue weighted by atomic mass is 16.4. The number of hydrogen-bond donors (Lipinski definition) is 14. The van der Waals surface area contributed by atoms with Gasteiger partial charge >= 0.3 is 5.97 Å². The molecule has 31 heteroatoms. The molecule has 6 aromatic rings. The highest BCUT2D eigenvalue weighted by Gasteiger charge is 2.47. The van der Waals surface area contributed by atoms with Gasteiger partial charge in [0.2, 0.25) is 53.2 Å². The molecule has 0 spiro atoms. The summed E-state index contributed by atoms with van der Waals surface area (Å²) in [6, 6.07) is -5.21. The van der Waals surface area contributed by atoms with Crippen molar-refractivity contribution in [2.24, 2.45) is 11.7 Å². The SMILES string of the molecule is CC(C)[C@H](NC(=O)[C@H](CO)NC(=O)[C@H](Cc1c[nH]cn1)NC(=O)[C@H](Cc1c[nH]cn1)NC(=O)[C@H](Cc1c[nH]cn1)NC(=O)[C@@H](N)Cc1c[nH]cn1)C(=O)N1CCC[C@H]1C(=O)N1CCC[C@H]1C(=O)N1CCC[C@H]1C(=O)N[C@@H](Cc1c[nH]c2ccccc12)C(=O)O. The van der Waals surface area contributed by atoms with Crippen molar-refractivity contribution in [1.29, 1.82) is 0 Å². The lowest BCUT2D eigenvalue weighted by molar-refractivity contribution is -0.151. The zero-order chi connectivity index (χ0) is 63.3. The fourth-order valence-electron chi connectivity index (χ4n) is 11.7.